The summed E-state index contributed by atoms with van der Waals surface area (Å²) in [7, 11) is 1.43. The minimum atomic E-state index is -1.59. The summed E-state index contributed by atoms with van der Waals surface area (Å²) in [5, 5.41) is 10.6. The molecule has 110 valence electrons. The van der Waals surface area contributed by atoms with Crippen molar-refractivity contribution in [3.63, 3.8) is 0 Å². The predicted octanol–water partition coefficient (Wildman–Crippen LogP) is 1.12. The van der Waals surface area contributed by atoms with Crippen molar-refractivity contribution in [1.29, 1.82) is 0 Å². The normalized spacial score (nSPS) is 25.1. The fourth-order valence-corrected chi connectivity index (χ4v) is 2.48. The quantitative estimate of drug-likeness (QED) is 0.836. The van der Waals surface area contributed by atoms with Crippen molar-refractivity contribution in [3.05, 3.63) is 27.8 Å². The van der Waals surface area contributed by atoms with E-state index in [4.69, 9.17) is 13.9 Å². The fourth-order valence-electron chi connectivity index (χ4n) is 2.48. The summed E-state index contributed by atoms with van der Waals surface area (Å²) >= 11 is 0. The molecule has 1 aromatic heterocycles. The highest BCUT2D eigenvalue weighted by Crippen LogP contribution is 2.37. The molecule has 1 aliphatic heterocycles. The average molecular weight is 282 g/mol. The van der Waals surface area contributed by atoms with Crippen LogP contribution in [0.1, 0.15) is 31.6 Å². The van der Waals surface area contributed by atoms with Gasteiger partial charge in [0.2, 0.25) is 0 Å². The van der Waals surface area contributed by atoms with E-state index in [1.54, 1.807) is 13.8 Å². The second kappa shape index (κ2) is 4.94. The predicted molar refractivity (Wildman–Crippen MR) is 69.5 cm³/mol. The van der Waals surface area contributed by atoms with Crippen molar-refractivity contribution >= 4 is 5.97 Å². The van der Waals surface area contributed by atoms with Gasteiger partial charge in [0.05, 0.1) is 19.1 Å². The summed E-state index contributed by atoms with van der Waals surface area (Å²) in [6.45, 7) is 4.83. The summed E-state index contributed by atoms with van der Waals surface area (Å²) in [5.41, 5.74) is -1.86. The molecule has 0 saturated carbocycles. The number of carbonyl (C=O) groups is 1. The first-order valence-electron chi connectivity index (χ1n) is 6.38. The molecular formula is C14H18O6. The van der Waals surface area contributed by atoms with Crippen LogP contribution in [0.4, 0.5) is 0 Å². The highest BCUT2D eigenvalue weighted by Gasteiger charge is 2.47. The summed E-state index contributed by atoms with van der Waals surface area (Å²) in [5.74, 6) is -0.190. The van der Waals surface area contributed by atoms with Gasteiger partial charge in [-0.15, -0.1) is 0 Å². The number of cyclic esters (lactones) is 1. The van der Waals surface area contributed by atoms with Crippen molar-refractivity contribution in [2.24, 2.45) is 5.92 Å². The van der Waals surface area contributed by atoms with Gasteiger partial charge in [-0.2, -0.15) is 0 Å². The van der Waals surface area contributed by atoms with E-state index in [-0.39, 0.29) is 24.1 Å². The largest absolute Gasteiger partial charge is 0.496 e. The maximum atomic E-state index is 11.8. The van der Waals surface area contributed by atoms with E-state index in [2.05, 4.69) is 0 Å². The number of esters is 1. The highest BCUT2D eigenvalue weighted by molar-refractivity contribution is 5.72. The van der Waals surface area contributed by atoms with Crippen LogP contribution in [-0.2, 0) is 15.1 Å². The molecule has 1 aliphatic rings. The first kappa shape index (κ1) is 14.6. The molecule has 0 aliphatic carbocycles. The lowest BCUT2D eigenvalue weighted by molar-refractivity contribution is -0.156. The zero-order chi connectivity index (χ0) is 15.1. The Balaban J connectivity index is 2.46. The van der Waals surface area contributed by atoms with Crippen LogP contribution in [0.15, 0.2) is 15.3 Å². The van der Waals surface area contributed by atoms with Gasteiger partial charge in [0.25, 0.3) is 0 Å². The number of rotatable bonds is 3. The van der Waals surface area contributed by atoms with E-state index in [0.717, 1.165) is 0 Å². The van der Waals surface area contributed by atoms with Crippen LogP contribution < -0.4 is 10.4 Å². The number of carbonyl (C=O) groups excluding carboxylic acids is 1. The molecule has 0 bridgehead atoms. The molecule has 0 amide bonds. The van der Waals surface area contributed by atoms with Crippen LogP contribution in [0.3, 0.4) is 0 Å². The zero-order valence-electron chi connectivity index (χ0n) is 11.9. The molecule has 2 rings (SSSR count). The lowest BCUT2D eigenvalue weighted by atomic mass is 9.87. The van der Waals surface area contributed by atoms with Gasteiger partial charge in [-0.25, -0.2) is 4.79 Å². The van der Waals surface area contributed by atoms with E-state index in [9.17, 15) is 14.7 Å². The SMILES string of the molecule is COc1cc([C@@](C)(O)[C@@H]2OC(=O)C[C@H]2C)oc(=O)c1C. The Hall–Kier alpha value is -1.82. The van der Waals surface area contributed by atoms with Gasteiger partial charge in [-0.1, -0.05) is 6.92 Å². The molecule has 6 nitrogen and oxygen atoms in total. The van der Waals surface area contributed by atoms with Crippen molar-refractivity contribution in [1.82, 2.24) is 0 Å². The summed E-state index contributed by atoms with van der Waals surface area (Å²) in [6.07, 6.45) is -0.529. The number of aliphatic hydroxyl groups is 1. The van der Waals surface area contributed by atoms with Gasteiger partial charge in [0.15, 0.2) is 5.60 Å². The summed E-state index contributed by atoms with van der Waals surface area (Å²) in [4.78, 5) is 23.1. The van der Waals surface area contributed by atoms with Crippen molar-refractivity contribution in [3.8, 4) is 5.75 Å². The minimum Gasteiger partial charge on any atom is -0.496 e. The van der Waals surface area contributed by atoms with E-state index >= 15 is 0 Å². The Morgan fingerprint density at radius 1 is 1.45 bits per heavy atom. The molecule has 1 N–H and O–H groups in total. The van der Waals surface area contributed by atoms with Crippen LogP contribution in [-0.4, -0.2) is 24.3 Å². The van der Waals surface area contributed by atoms with Crippen molar-refractivity contribution in [2.45, 2.75) is 38.9 Å². The summed E-state index contributed by atoms with van der Waals surface area (Å²) < 4.78 is 15.4. The van der Waals surface area contributed by atoms with Gasteiger partial charge in [0, 0.05) is 12.0 Å². The Bertz CT molecular complexity index is 586. The zero-order valence-corrected chi connectivity index (χ0v) is 11.9. The molecular weight excluding hydrogens is 264 g/mol. The number of hydrogen-bond donors (Lipinski definition) is 1. The van der Waals surface area contributed by atoms with Gasteiger partial charge in [-0.05, 0) is 13.8 Å². The molecule has 20 heavy (non-hydrogen) atoms. The lowest BCUT2D eigenvalue weighted by Crippen LogP contribution is -2.40. The molecule has 0 aromatic carbocycles. The third-order valence-electron chi connectivity index (χ3n) is 3.68. The Morgan fingerprint density at radius 2 is 2.10 bits per heavy atom. The highest BCUT2D eigenvalue weighted by atomic mass is 16.6. The lowest BCUT2D eigenvalue weighted by Gasteiger charge is -2.30. The molecule has 2 heterocycles. The number of methoxy groups -OCH3 is 1. The average Bonchev–Trinajstić information content (AvgIpc) is 2.72. The fraction of sp³-hybridized carbons (Fsp3) is 0.571. The molecule has 1 aromatic rings. The molecule has 1 saturated heterocycles. The van der Waals surface area contributed by atoms with Crippen LogP contribution in [0.25, 0.3) is 0 Å². The molecule has 6 heteroatoms. The monoisotopic (exact) mass is 282 g/mol. The first-order valence-corrected chi connectivity index (χ1v) is 6.38. The Labute approximate surface area is 116 Å². The second-order valence-corrected chi connectivity index (χ2v) is 5.33. The molecule has 0 spiro atoms. The van der Waals surface area contributed by atoms with Crippen LogP contribution in [0, 0.1) is 12.8 Å². The van der Waals surface area contributed by atoms with E-state index < -0.39 is 17.3 Å². The molecule has 0 unspecified atom stereocenters. The van der Waals surface area contributed by atoms with Crippen LogP contribution in [0.2, 0.25) is 0 Å². The van der Waals surface area contributed by atoms with Gasteiger partial charge in [-0.3, -0.25) is 4.79 Å². The Kier molecular flexibility index (Phi) is 3.60. The van der Waals surface area contributed by atoms with Crippen molar-refractivity contribution in [2.75, 3.05) is 7.11 Å². The van der Waals surface area contributed by atoms with E-state index in [0.29, 0.717) is 11.3 Å². The number of ether oxygens (including phenoxy) is 2. The minimum absolute atomic E-state index is 0.0245. The smallest absolute Gasteiger partial charge is 0.342 e. The van der Waals surface area contributed by atoms with E-state index in [1.807, 2.05) is 0 Å². The maximum absolute atomic E-state index is 11.8. The third-order valence-corrected chi connectivity index (χ3v) is 3.68. The van der Waals surface area contributed by atoms with Crippen LogP contribution in [0.5, 0.6) is 5.75 Å². The third kappa shape index (κ3) is 2.31. The van der Waals surface area contributed by atoms with Crippen LogP contribution >= 0.6 is 0 Å². The van der Waals surface area contributed by atoms with Gasteiger partial charge in [0.1, 0.15) is 17.6 Å². The Morgan fingerprint density at radius 3 is 2.60 bits per heavy atom. The second-order valence-electron chi connectivity index (χ2n) is 5.33. The topological polar surface area (TPSA) is 86.0 Å². The standard InChI is InChI=1S/C14H18O6/c1-7-5-11(15)20-12(7)14(3,17)10-6-9(18-4)8(2)13(16)19-10/h6-7,12,17H,5H2,1-4H3/t7-,12-,14-/m1/s1. The molecule has 3 atom stereocenters. The van der Waals surface area contributed by atoms with Gasteiger partial charge < -0.3 is 19.0 Å². The maximum Gasteiger partial charge on any atom is 0.342 e. The number of hydrogen-bond acceptors (Lipinski definition) is 6. The van der Waals surface area contributed by atoms with Crippen molar-refractivity contribution < 1.29 is 23.8 Å². The van der Waals surface area contributed by atoms with E-state index in [1.165, 1.54) is 20.1 Å². The first-order chi connectivity index (χ1) is 9.27. The summed E-state index contributed by atoms with van der Waals surface area (Å²) in [6, 6.07) is 1.45. The van der Waals surface area contributed by atoms with Gasteiger partial charge >= 0.3 is 11.6 Å². The molecule has 0 radical (unpaired) electrons. The molecule has 1 fully saturated rings.